The maximum absolute atomic E-state index is 13.9. The van der Waals surface area contributed by atoms with E-state index in [2.05, 4.69) is 157 Å². The van der Waals surface area contributed by atoms with Gasteiger partial charge in [-0.15, -0.1) is 0 Å². The van der Waals surface area contributed by atoms with Crippen molar-refractivity contribution in [3.63, 3.8) is 0 Å². The van der Waals surface area contributed by atoms with Crippen LogP contribution in [0, 0.1) is 11.8 Å². The molecular weight excluding hydrogens is 1010 g/mol. The van der Waals surface area contributed by atoms with E-state index >= 15 is 0 Å². The van der Waals surface area contributed by atoms with Crippen LogP contribution in [-0.4, -0.2) is 70.7 Å². The molecule has 5 heterocycles. The van der Waals surface area contributed by atoms with E-state index in [1.54, 1.807) is 0 Å². The summed E-state index contributed by atoms with van der Waals surface area (Å²) in [5.74, 6) is 5.38. The lowest BCUT2D eigenvalue weighted by Gasteiger charge is -2.33. The number of hydrogen-bond donors (Lipinski definition) is 3. The summed E-state index contributed by atoms with van der Waals surface area (Å²) in [6.07, 6.45) is 10.4. The number of carbonyl (C=O) groups excluding carboxylic acids is 1. The number of phosphoric acid groups is 3. The lowest BCUT2D eigenvalue weighted by molar-refractivity contribution is -0.401. The van der Waals surface area contributed by atoms with E-state index in [1.165, 1.54) is 38.5 Å². The van der Waals surface area contributed by atoms with E-state index in [0.717, 1.165) is 27.7 Å². The minimum atomic E-state index is -5.98. The lowest BCUT2D eigenvalue weighted by atomic mass is 9.79. The number of rotatable bonds is 15. The third kappa shape index (κ3) is 10.4. The molecule has 5 atom stereocenters. The monoisotopic (exact) mass is 1060 g/mol. The Morgan fingerprint density at radius 1 is 0.919 bits per heavy atom. The zero-order chi connectivity index (χ0) is 53.0. The molecule has 0 aliphatic carbocycles. The summed E-state index contributed by atoms with van der Waals surface area (Å²) in [7, 11) is -14.4. The molecule has 0 spiro atoms. The van der Waals surface area contributed by atoms with Gasteiger partial charge in [0.1, 0.15) is 19.8 Å². The first-order valence-corrected chi connectivity index (χ1v) is 27.7. The highest BCUT2D eigenvalue weighted by molar-refractivity contribution is 7.65. The topological polar surface area (TPSA) is 279 Å². The van der Waals surface area contributed by atoms with E-state index in [1.807, 2.05) is 35.3 Å². The number of fused-ring (bicyclic) bond motifs is 7. The fraction of sp³-hybridized carbons (Fsp3) is 0.294. The van der Waals surface area contributed by atoms with Crippen molar-refractivity contribution < 1.29 is 60.2 Å². The molecule has 20 nitrogen and oxygen atoms in total. The normalized spacial score (nSPS) is 21.0. The van der Waals surface area contributed by atoms with Gasteiger partial charge in [-0.25, -0.2) is 8.62 Å². The Labute approximate surface area is 425 Å². The van der Waals surface area contributed by atoms with Crippen LogP contribution in [0.4, 0.5) is 17.3 Å². The third-order valence-corrected chi connectivity index (χ3v) is 17.5. The van der Waals surface area contributed by atoms with E-state index < -0.39 is 53.4 Å². The first kappa shape index (κ1) is 52.6. The van der Waals surface area contributed by atoms with Crippen molar-refractivity contribution >= 4 is 85.0 Å². The second-order valence-electron chi connectivity index (χ2n) is 18.9. The Balaban J connectivity index is 0.899. The smallest absolute Gasteiger partial charge is 0.280 e. The molecule has 1 amide bonds. The highest BCUT2D eigenvalue weighted by atomic mass is 31.3. The van der Waals surface area contributed by atoms with Crippen LogP contribution in [0.3, 0.4) is 0 Å². The summed E-state index contributed by atoms with van der Waals surface area (Å²) in [5, 5.41) is 7.61. The molecule has 3 aliphatic rings. The van der Waals surface area contributed by atoms with Crippen LogP contribution in [0.5, 0.6) is 0 Å². The summed E-state index contributed by atoms with van der Waals surface area (Å²) in [6.45, 7) is 7.99. The van der Waals surface area contributed by atoms with Gasteiger partial charge in [-0.05, 0) is 72.0 Å². The van der Waals surface area contributed by atoms with Crippen molar-refractivity contribution in [3.8, 4) is 11.8 Å². The maximum Gasteiger partial charge on any atom is 0.280 e. The number of hydrogen-bond acceptors (Lipinski definition) is 16. The van der Waals surface area contributed by atoms with Crippen LogP contribution in [0.25, 0.3) is 32.6 Å². The maximum atomic E-state index is 13.9. The SMILES string of the molecule is COP(=O)([O-])OP(=O)([O-])OP(=O)([O-])OCC1CCC(n2cc(C#CCNC(=O)CN3C(=CC=CC=CC4=[N+](C)c5ccc6ccccc6c5C4(C)C)C(C)(C)c4c3ccc3ccccc43)c3c(=O)[nH]c(N)nc32)O1. The van der Waals surface area contributed by atoms with Gasteiger partial charge in [0, 0.05) is 47.8 Å². The molecule has 0 saturated carbocycles. The number of ether oxygens (including phenoxy) is 1. The van der Waals surface area contributed by atoms with E-state index in [-0.39, 0.29) is 59.8 Å². The average molecular weight is 1060 g/mol. The zero-order valence-electron chi connectivity index (χ0n) is 41.1. The molecule has 1 saturated heterocycles. The standard InChI is InChI=1S/C51H54N7O13P3/c1-50(2)40(56(5)38-25-22-32-15-10-12-18-36(32)45(38)50)20-8-7-9-21-41-51(3,4)46-37-19-13-11-16-33(37)23-26-39(46)57(41)30-42(59)53-28-14-17-34-29-58(47-44(34)48(60)55-49(52)54-47)43-27-24-35(69-43)31-68-73(63,64)71-74(65,66)70-72(61,62)67-6/h7-13,15-16,18-23,25-26,29,35,43H,24,27-28,30-31H2,1-6H3,(H6-,52,53,54,55,59,60,61,62,63,64,65,66)/p-2. The van der Waals surface area contributed by atoms with Gasteiger partial charge in [0.15, 0.2) is 11.4 Å². The molecule has 23 heteroatoms. The summed E-state index contributed by atoms with van der Waals surface area (Å²) in [5.41, 5.74) is 11.5. The first-order valence-electron chi connectivity index (χ1n) is 23.4. The van der Waals surface area contributed by atoms with E-state index in [4.69, 9.17) is 10.5 Å². The number of nitrogens with one attached hydrogen (secondary N) is 2. The molecular formula is C51H52N7O13P3-2. The summed E-state index contributed by atoms with van der Waals surface area (Å²) in [4.78, 5) is 71.4. The number of aromatic nitrogens is 3. The fourth-order valence-corrected chi connectivity index (χ4v) is 13.4. The Hall–Kier alpha value is -6.29. The average Bonchev–Trinajstić information content (AvgIpc) is 4.06. The number of nitrogen functional groups attached to an aromatic ring is 1. The number of carbonyl (C=O) groups is 1. The van der Waals surface area contributed by atoms with Gasteiger partial charge < -0.3 is 49.0 Å². The minimum absolute atomic E-state index is 0.0188. The van der Waals surface area contributed by atoms with Crippen LogP contribution in [0.15, 0.2) is 120 Å². The highest BCUT2D eigenvalue weighted by Crippen LogP contribution is 2.63. The van der Waals surface area contributed by atoms with Crippen molar-refractivity contribution in [3.05, 3.63) is 142 Å². The molecule has 386 valence electrons. The lowest BCUT2D eigenvalue weighted by Crippen LogP contribution is -2.37. The number of aromatic amines is 1. The Morgan fingerprint density at radius 3 is 2.31 bits per heavy atom. The molecule has 74 heavy (non-hydrogen) atoms. The van der Waals surface area contributed by atoms with Gasteiger partial charge in [0.05, 0.1) is 35.6 Å². The number of nitrogens with two attached hydrogens (primary N) is 1. The number of anilines is 2. The molecule has 4 N–H and O–H groups in total. The molecule has 1 fully saturated rings. The van der Waals surface area contributed by atoms with Gasteiger partial charge in [-0.2, -0.15) is 9.56 Å². The van der Waals surface area contributed by atoms with Crippen LogP contribution in [0.1, 0.15) is 63.5 Å². The number of amides is 1. The predicted octanol–water partition coefficient (Wildman–Crippen LogP) is 6.36. The van der Waals surface area contributed by atoms with E-state index in [9.17, 15) is 38.0 Å². The van der Waals surface area contributed by atoms with Crippen LogP contribution < -0.4 is 36.2 Å². The largest absolute Gasteiger partial charge is 0.756 e. The Kier molecular flexibility index (Phi) is 14.3. The van der Waals surface area contributed by atoms with Crippen molar-refractivity contribution in [1.29, 1.82) is 0 Å². The number of benzene rings is 4. The van der Waals surface area contributed by atoms with Gasteiger partial charge >= 0.3 is 0 Å². The van der Waals surface area contributed by atoms with Crippen molar-refractivity contribution in [1.82, 2.24) is 19.9 Å². The van der Waals surface area contributed by atoms with Crippen LogP contribution >= 0.6 is 23.5 Å². The fourth-order valence-electron chi connectivity index (χ4n) is 10.2. The van der Waals surface area contributed by atoms with Gasteiger partial charge in [0.2, 0.25) is 17.5 Å². The molecule has 0 bridgehead atoms. The number of nitrogens with zero attached hydrogens (tertiary/aromatic N) is 4. The molecule has 5 unspecified atom stereocenters. The van der Waals surface area contributed by atoms with E-state index in [0.29, 0.717) is 7.11 Å². The summed E-state index contributed by atoms with van der Waals surface area (Å²) >= 11 is 0. The van der Waals surface area contributed by atoms with Crippen molar-refractivity contribution in [2.75, 3.05) is 44.5 Å². The first-order chi connectivity index (χ1) is 35.0. The molecule has 3 aliphatic heterocycles. The molecule has 6 aromatic rings. The third-order valence-electron chi connectivity index (χ3n) is 13.4. The van der Waals surface area contributed by atoms with Gasteiger partial charge in [-0.3, -0.25) is 28.3 Å². The van der Waals surface area contributed by atoms with Crippen LogP contribution in [-0.2, 0) is 51.7 Å². The molecule has 2 aromatic heterocycles. The second kappa shape index (κ2) is 20.1. The van der Waals surface area contributed by atoms with Crippen LogP contribution in [0.2, 0.25) is 0 Å². The van der Waals surface area contributed by atoms with Gasteiger partial charge in [-0.1, -0.05) is 98.5 Å². The number of phosphoric ester groups is 2. The predicted molar refractivity (Wildman–Crippen MR) is 274 cm³/mol. The zero-order valence-corrected chi connectivity index (χ0v) is 43.8. The highest BCUT2D eigenvalue weighted by Gasteiger charge is 2.45. The summed E-state index contributed by atoms with van der Waals surface area (Å²) in [6, 6.07) is 25.1. The number of allylic oxidation sites excluding steroid dienone is 6. The Morgan fingerprint density at radius 2 is 1.59 bits per heavy atom. The summed E-state index contributed by atoms with van der Waals surface area (Å²) < 4.78 is 61.2. The second-order valence-corrected chi connectivity index (χ2v) is 23.5. The quantitative estimate of drug-likeness (QED) is 0.0437. The van der Waals surface area contributed by atoms with Crippen molar-refractivity contribution in [2.45, 2.75) is 63.7 Å². The Bertz CT molecular complexity index is 3680. The molecule has 0 radical (unpaired) electrons. The van der Waals surface area contributed by atoms with Crippen molar-refractivity contribution in [2.24, 2.45) is 0 Å². The number of H-pyrrole nitrogens is 1. The minimum Gasteiger partial charge on any atom is -0.756 e. The van der Waals surface area contributed by atoms with Gasteiger partial charge in [0.25, 0.3) is 29.0 Å². The molecule has 4 aromatic carbocycles. The molecule has 9 rings (SSSR count).